The summed E-state index contributed by atoms with van der Waals surface area (Å²) >= 11 is 0. The van der Waals surface area contributed by atoms with E-state index in [9.17, 15) is 14.4 Å². The van der Waals surface area contributed by atoms with Crippen molar-refractivity contribution in [2.24, 2.45) is 17.6 Å². The van der Waals surface area contributed by atoms with Gasteiger partial charge < -0.3 is 26.6 Å². The number of H-pyrrole nitrogens is 1. The van der Waals surface area contributed by atoms with Crippen LogP contribution in [-0.2, 0) is 16.0 Å². The van der Waals surface area contributed by atoms with Crippen LogP contribution in [0.5, 0.6) is 0 Å². The van der Waals surface area contributed by atoms with Crippen LogP contribution in [0.15, 0.2) is 72.8 Å². The third-order valence-electron chi connectivity index (χ3n) is 9.42. The van der Waals surface area contributed by atoms with Gasteiger partial charge in [-0.25, -0.2) is 0 Å². The first-order chi connectivity index (χ1) is 23.9. The van der Waals surface area contributed by atoms with E-state index in [0.717, 1.165) is 67.6 Å². The molecule has 1 unspecified atom stereocenters. The van der Waals surface area contributed by atoms with Gasteiger partial charge in [-0.1, -0.05) is 50.2 Å². The summed E-state index contributed by atoms with van der Waals surface area (Å²) in [6.45, 7) is 8.20. The van der Waals surface area contributed by atoms with Crippen molar-refractivity contribution in [3.8, 4) is 22.5 Å². The molecule has 49 heavy (non-hydrogen) atoms. The van der Waals surface area contributed by atoms with E-state index < -0.39 is 6.04 Å². The molecule has 0 saturated heterocycles. The number of nitrogens with two attached hydrogens (primary N) is 1. The van der Waals surface area contributed by atoms with Crippen molar-refractivity contribution in [2.75, 3.05) is 38.0 Å². The van der Waals surface area contributed by atoms with Crippen molar-refractivity contribution in [2.45, 2.75) is 52.0 Å². The van der Waals surface area contributed by atoms with Gasteiger partial charge in [0.15, 0.2) is 0 Å². The number of rotatable bonds is 15. The number of likely N-dealkylation sites (N-methyl/N-ethyl adjacent to an activating group) is 1. The van der Waals surface area contributed by atoms with Crippen molar-refractivity contribution in [1.29, 1.82) is 0 Å². The molecule has 1 fully saturated rings. The lowest BCUT2D eigenvalue weighted by Gasteiger charge is -2.28. The molecule has 1 aromatic heterocycles. The molecule has 0 radical (unpaired) electrons. The number of nitrogens with zero attached hydrogens (tertiary/aromatic N) is 4. The number of amides is 3. The molecule has 1 aliphatic carbocycles. The lowest BCUT2D eigenvalue weighted by molar-refractivity contribution is -0.130. The fourth-order valence-corrected chi connectivity index (χ4v) is 6.23. The van der Waals surface area contributed by atoms with E-state index in [0.29, 0.717) is 42.5 Å². The van der Waals surface area contributed by atoms with E-state index in [1.165, 1.54) is 0 Å². The van der Waals surface area contributed by atoms with Gasteiger partial charge in [-0.15, -0.1) is 10.2 Å². The van der Waals surface area contributed by atoms with Gasteiger partial charge in [0.05, 0.1) is 0 Å². The fraction of sp³-hybridized carbons (Fsp3) is 0.405. The van der Waals surface area contributed by atoms with Gasteiger partial charge in [0.2, 0.25) is 17.6 Å². The number of carbonyl (C=O) groups excluding carboxylic acids is 3. The number of anilines is 1. The molecule has 0 bridgehead atoms. The van der Waals surface area contributed by atoms with E-state index in [1.807, 2.05) is 48.5 Å². The molecule has 0 spiro atoms. The summed E-state index contributed by atoms with van der Waals surface area (Å²) < 4.78 is 0. The van der Waals surface area contributed by atoms with Crippen LogP contribution in [0.4, 0.5) is 5.69 Å². The van der Waals surface area contributed by atoms with E-state index in [-0.39, 0.29) is 23.6 Å². The number of hydrogen-bond donors (Lipinski definition) is 5. The Labute approximate surface area is 287 Å². The van der Waals surface area contributed by atoms with Crippen molar-refractivity contribution in [1.82, 2.24) is 36.2 Å². The van der Waals surface area contributed by atoms with E-state index in [4.69, 9.17) is 5.73 Å². The average Bonchev–Trinajstić information content (AvgIpc) is 3.69. The minimum absolute atomic E-state index is 0.0873. The minimum atomic E-state index is -0.776. The molecule has 3 aromatic carbocycles. The summed E-state index contributed by atoms with van der Waals surface area (Å²) in [4.78, 5) is 41.9. The quantitative estimate of drug-likeness (QED) is 0.127. The first-order valence-electron chi connectivity index (χ1n) is 17.2. The summed E-state index contributed by atoms with van der Waals surface area (Å²) in [5, 5.41) is 23.0. The molecule has 3 amide bonds. The average molecular weight is 666 g/mol. The van der Waals surface area contributed by atoms with Crippen LogP contribution in [0, 0.1) is 11.8 Å². The van der Waals surface area contributed by atoms with Crippen molar-refractivity contribution in [3.05, 3.63) is 83.9 Å². The monoisotopic (exact) mass is 665 g/mol. The Morgan fingerprint density at radius 3 is 2.10 bits per heavy atom. The molecule has 4 aromatic rings. The maximum atomic E-state index is 13.6. The Bertz CT molecular complexity index is 1630. The predicted octanol–water partition coefficient (Wildman–Crippen LogP) is 4.04. The Balaban J connectivity index is 1.23. The summed E-state index contributed by atoms with van der Waals surface area (Å²) in [6, 6.07) is 21.9. The first-order valence-corrected chi connectivity index (χ1v) is 17.2. The molecule has 1 saturated carbocycles. The highest BCUT2D eigenvalue weighted by atomic mass is 16.2. The summed E-state index contributed by atoms with van der Waals surface area (Å²) in [5.74, 6) is 0.285. The third kappa shape index (κ3) is 9.80. The molecule has 5 rings (SSSR count). The van der Waals surface area contributed by atoms with Gasteiger partial charge in [0.25, 0.3) is 5.91 Å². The Morgan fingerprint density at radius 1 is 0.878 bits per heavy atom. The SMILES string of the molecule is CCN(CC)CCNC(=O)c1ccc(-c2ccc(CC(NC(=O)C3CCC(CN)CC3)C(=O)Nc3ccc(-c4nn[nH]n4)cc3)cc2)cc1. The highest BCUT2D eigenvalue weighted by Gasteiger charge is 2.29. The number of tetrazole rings is 1. The lowest BCUT2D eigenvalue weighted by Crippen LogP contribution is -2.48. The normalized spacial score (nSPS) is 16.6. The topological polar surface area (TPSA) is 171 Å². The number of benzene rings is 3. The van der Waals surface area contributed by atoms with Crippen LogP contribution in [0.25, 0.3) is 22.5 Å². The lowest BCUT2D eigenvalue weighted by atomic mass is 9.81. The maximum Gasteiger partial charge on any atom is 0.251 e. The molecule has 1 aliphatic rings. The zero-order valence-electron chi connectivity index (χ0n) is 28.3. The van der Waals surface area contributed by atoms with Gasteiger partial charge >= 0.3 is 0 Å². The maximum absolute atomic E-state index is 13.6. The zero-order chi connectivity index (χ0) is 34.6. The number of nitrogens with one attached hydrogen (secondary N) is 4. The number of aromatic nitrogens is 4. The van der Waals surface area contributed by atoms with Crippen molar-refractivity contribution < 1.29 is 14.4 Å². The Kier molecular flexibility index (Phi) is 12.6. The van der Waals surface area contributed by atoms with Crippen LogP contribution >= 0.6 is 0 Å². The summed E-state index contributed by atoms with van der Waals surface area (Å²) in [7, 11) is 0. The van der Waals surface area contributed by atoms with Crippen LogP contribution in [-0.4, -0.2) is 82.0 Å². The number of aromatic amines is 1. The fourth-order valence-electron chi connectivity index (χ4n) is 6.23. The number of hydrogen-bond acceptors (Lipinski definition) is 8. The standard InChI is InChI=1S/C37H47N9O3/c1-3-46(4-2)22-21-39-35(47)30-15-13-28(14-16-30)27-9-5-25(6-10-27)23-33(41-36(48)31-11-7-26(24-38)8-12-31)37(49)40-32-19-17-29(18-20-32)34-42-44-45-43-34/h5-6,9-10,13-20,26,31,33H,3-4,7-8,11-12,21-24,38H2,1-2H3,(H,39,47)(H,40,49)(H,41,48)(H,42,43,44,45). The van der Waals surface area contributed by atoms with Crippen LogP contribution in [0.1, 0.15) is 55.5 Å². The van der Waals surface area contributed by atoms with Crippen LogP contribution < -0.4 is 21.7 Å². The molecular formula is C37H47N9O3. The van der Waals surface area contributed by atoms with Gasteiger partial charge in [0, 0.05) is 42.2 Å². The van der Waals surface area contributed by atoms with E-state index in [1.54, 1.807) is 24.3 Å². The minimum Gasteiger partial charge on any atom is -0.351 e. The number of carbonyl (C=O) groups is 3. The predicted molar refractivity (Wildman–Crippen MR) is 190 cm³/mol. The largest absolute Gasteiger partial charge is 0.351 e. The molecular weight excluding hydrogens is 618 g/mol. The second-order valence-corrected chi connectivity index (χ2v) is 12.6. The highest BCUT2D eigenvalue weighted by Crippen LogP contribution is 2.28. The molecule has 1 atom stereocenters. The molecule has 1 heterocycles. The smallest absolute Gasteiger partial charge is 0.251 e. The van der Waals surface area contributed by atoms with Gasteiger partial charge in [-0.05, 0) is 110 Å². The molecule has 258 valence electrons. The Hall–Kier alpha value is -4.94. The molecule has 12 nitrogen and oxygen atoms in total. The highest BCUT2D eigenvalue weighted by molar-refractivity contribution is 5.98. The van der Waals surface area contributed by atoms with E-state index >= 15 is 0 Å². The van der Waals surface area contributed by atoms with Gasteiger partial charge in [0.1, 0.15) is 6.04 Å². The summed E-state index contributed by atoms with van der Waals surface area (Å²) in [6.07, 6.45) is 3.70. The summed E-state index contributed by atoms with van der Waals surface area (Å²) in [5.41, 5.74) is 10.7. The second kappa shape index (κ2) is 17.5. The first kappa shape index (κ1) is 35.4. The molecule has 6 N–H and O–H groups in total. The zero-order valence-corrected chi connectivity index (χ0v) is 28.3. The second-order valence-electron chi connectivity index (χ2n) is 12.6. The van der Waals surface area contributed by atoms with Crippen molar-refractivity contribution in [3.63, 3.8) is 0 Å². The molecule has 0 aliphatic heterocycles. The van der Waals surface area contributed by atoms with E-state index in [2.05, 4.69) is 55.3 Å². The van der Waals surface area contributed by atoms with Crippen molar-refractivity contribution >= 4 is 23.4 Å². The van der Waals surface area contributed by atoms with Gasteiger partial charge in [-0.2, -0.15) is 5.21 Å². The van der Waals surface area contributed by atoms with Crippen LogP contribution in [0.3, 0.4) is 0 Å². The Morgan fingerprint density at radius 2 is 1.51 bits per heavy atom. The van der Waals surface area contributed by atoms with Crippen LogP contribution in [0.2, 0.25) is 0 Å². The van der Waals surface area contributed by atoms with Gasteiger partial charge in [-0.3, -0.25) is 14.4 Å². The third-order valence-corrected chi connectivity index (χ3v) is 9.42. The molecule has 12 heteroatoms.